The summed E-state index contributed by atoms with van der Waals surface area (Å²) in [7, 11) is 0. The second kappa shape index (κ2) is 6.59. The number of carbonyl (C=O) groups excluding carboxylic acids is 1. The number of rotatable bonds is 4. The zero-order valence-electron chi connectivity index (χ0n) is 10.2. The van der Waals surface area contributed by atoms with Gasteiger partial charge in [-0.15, -0.1) is 0 Å². The van der Waals surface area contributed by atoms with E-state index in [1.54, 1.807) is 12.1 Å². The molecule has 5 heteroatoms. The molecule has 0 unspecified atom stereocenters. The summed E-state index contributed by atoms with van der Waals surface area (Å²) < 4.78 is 25.7. The molecule has 0 aromatic heterocycles. The summed E-state index contributed by atoms with van der Waals surface area (Å²) in [4.78, 5) is 11.4. The highest BCUT2D eigenvalue weighted by Gasteiger charge is 2.26. The van der Waals surface area contributed by atoms with Gasteiger partial charge >= 0.3 is 0 Å². The van der Waals surface area contributed by atoms with Gasteiger partial charge in [0.2, 0.25) is 0 Å². The molecule has 0 amide bonds. The second-order valence-corrected chi connectivity index (χ2v) is 6.20. The van der Waals surface area contributed by atoms with Crippen molar-refractivity contribution in [3.8, 4) is 0 Å². The van der Waals surface area contributed by atoms with Crippen molar-refractivity contribution in [1.82, 2.24) is 0 Å². The van der Waals surface area contributed by atoms with Crippen molar-refractivity contribution in [3.05, 3.63) is 71.3 Å². The summed E-state index contributed by atoms with van der Waals surface area (Å²) in [6, 6.07) is 11.3. The number of Topliss-reactive ketones (excluding diaryl/α,β-unsaturated/α-hetero) is 1. The molecular weight excluding hydrogens is 394 g/mol. The van der Waals surface area contributed by atoms with Crippen molar-refractivity contribution in [2.45, 2.75) is 9.65 Å². The fraction of sp³-hybridized carbons (Fsp3) is 0.133. The van der Waals surface area contributed by atoms with E-state index in [1.165, 1.54) is 36.4 Å². The molecule has 0 radical (unpaired) electrons. The molecule has 0 aliphatic carbocycles. The summed E-state index contributed by atoms with van der Waals surface area (Å²) in [6.07, 6.45) is 0. The summed E-state index contributed by atoms with van der Waals surface area (Å²) in [5.74, 6) is -0.887. The van der Waals surface area contributed by atoms with Crippen molar-refractivity contribution >= 4 is 37.6 Å². The molecule has 2 atom stereocenters. The monoisotopic (exact) mass is 402 g/mol. The van der Waals surface area contributed by atoms with Crippen LogP contribution < -0.4 is 0 Å². The first-order valence-electron chi connectivity index (χ1n) is 5.82. The minimum absolute atomic E-state index is 0.170. The third-order valence-corrected chi connectivity index (χ3v) is 5.54. The molecule has 0 aliphatic rings. The molecule has 0 N–H and O–H groups in total. The number of halogens is 4. The maximum Gasteiger partial charge on any atom is 0.177 e. The highest BCUT2D eigenvalue weighted by molar-refractivity contribution is 9.12. The van der Waals surface area contributed by atoms with Gasteiger partial charge in [0, 0.05) is 5.56 Å². The van der Waals surface area contributed by atoms with E-state index < -0.39 is 4.83 Å². The number of alkyl halides is 2. The first-order chi connectivity index (χ1) is 9.49. The Balaban J connectivity index is 2.17. The van der Waals surface area contributed by atoms with Crippen molar-refractivity contribution < 1.29 is 13.6 Å². The summed E-state index contributed by atoms with van der Waals surface area (Å²) >= 11 is 6.76. The van der Waals surface area contributed by atoms with Crippen LogP contribution in [0.15, 0.2) is 48.5 Å². The molecule has 2 aromatic carbocycles. The number of hydrogen-bond acceptors (Lipinski definition) is 1. The Morgan fingerprint density at radius 3 is 1.80 bits per heavy atom. The molecule has 0 saturated carbocycles. The van der Waals surface area contributed by atoms with E-state index in [9.17, 15) is 13.6 Å². The molecule has 0 bridgehead atoms. The van der Waals surface area contributed by atoms with Crippen molar-refractivity contribution in [2.24, 2.45) is 0 Å². The van der Waals surface area contributed by atoms with E-state index in [0.717, 1.165) is 5.56 Å². The van der Waals surface area contributed by atoms with Gasteiger partial charge in [0.25, 0.3) is 0 Å². The minimum atomic E-state index is -0.529. The van der Waals surface area contributed by atoms with Gasteiger partial charge in [-0.25, -0.2) is 8.78 Å². The van der Waals surface area contributed by atoms with E-state index in [-0.39, 0.29) is 22.2 Å². The predicted octanol–water partition coefficient (Wildman–Crippen LogP) is 5.05. The van der Waals surface area contributed by atoms with Gasteiger partial charge in [0.15, 0.2) is 5.78 Å². The van der Waals surface area contributed by atoms with Crippen LogP contribution in [0, 0.1) is 11.6 Å². The molecule has 0 aliphatic heterocycles. The Bertz CT molecular complexity index is 596. The van der Waals surface area contributed by atoms with Crippen LogP contribution in [0.3, 0.4) is 0 Å². The topological polar surface area (TPSA) is 17.1 Å². The average Bonchev–Trinajstić information content (AvgIpc) is 2.46. The van der Waals surface area contributed by atoms with Gasteiger partial charge in [-0.05, 0) is 42.0 Å². The molecule has 2 aromatic rings. The highest BCUT2D eigenvalue weighted by atomic mass is 79.9. The number of hydrogen-bond donors (Lipinski definition) is 0. The van der Waals surface area contributed by atoms with E-state index in [2.05, 4.69) is 31.9 Å². The molecule has 1 nitrogen and oxygen atoms in total. The molecule has 2 rings (SSSR count). The Kier molecular flexibility index (Phi) is 5.05. The van der Waals surface area contributed by atoms with Gasteiger partial charge in [0.05, 0.1) is 9.65 Å². The maximum atomic E-state index is 12.9. The molecular formula is C15H10Br2F2O. The maximum absolute atomic E-state index is 12.9. The second-order valence-electron chi connectivity index (χ2n) is 4.23. The Labute approximate surface area is 132 Å². The molecule has 104 valence electrons. The summed E-state index contributed by atoms with van der Waals surface area (Å²) in [5.41, 5.74) is 1.20. The van der Waals surface area contributed by atoms with Gasteiger partial charge < -0.3 is 0 Å². The van der Waals surface area contributed by atoms with E-state index in [1.807, 2.05) is 0 Å². The van der Waals surface area contributed by atoms with Gasteiger partial charge in [-0.2, -0.15) is 0 Å². The molecule has 0 saturated heterocycles. The van der Waals surface area contributed by atoms with Crippen molar-refractivity contribution in [3.63, 3.8) is 0 Å². The average molecular weight is 404 g/mol. The Morgan fingerprint density at radius 1 is 0.850 bits per heavy atom. The van der Waals surface area contributed by atoms with Crippen LogP contribution in [-0.4, -0.2) is 10.6 Å². The predicted molar refractivity (Wildman–Crippen MR) is 81.5 cm³/mol. The lowest BCUT2D eigenvalue weighted by Crippen LogP contribution is -2.19. The molecule has 0 spiro atoms. The molecule has 0 fully saturated rings. The third-order valence-electron chi connectivity index (χ3n) is 2.82. The largest absolute Gasteiger partial charge is 0.293 e. The fourth-order valence-electron chi connectivity index (χ4n) is 1.72. The fourth-order valence-corrected chi connectivity index (χ4v) is 2.84. The standard InChI is InChI=1S/C15H10Br2F2O/c16-13(9-1-5-11(18)6-2-9)14(17)15(20)10-3-7-12(19)8-4-10/h1-8,13-14H/t13-,14-/m1/s1. The van der Waals surface area contributed by atoms with E-state index in [0.29, 0.717) is 5.56 Å². The van der Waals surface area contributed by atoms with Crippen LogP contribution >= 0.6 is 31.9 Å². The molecule has 20 heavy (non-hydrogen) atoms. The third kappa shape index (κ3) is 3.52. The number of ketones is 1. The normalized spacial score (nSPS) is 13.8. The van der Waals surface area contributed by atoms with Gasteiger partial charge in [-0.3, -0.25) is 4.79 Å². The zero-order chi connectivity index (χ0) is 14.7. The zero-order valence-corrected chi connectivity index (χ0v) is 13.4. The van der Waals surface area contributed by atoms with E-state index in [4.69, 9.17) is 0 Å². The Hall–Kier alpha value is -1.07. The lowest BCUT2D eigenvalue weighted by atomic mass is 10.0. The van der Waals surface area contributed by atoms with Crippen molar-refractivity contribution in [2.75, 3.05) is 0 Å². The Morgan fingerprint density at radius 2 is 1.30 bits per heavy atom. The first kappa shape index (κ1) is 15.3. The summed E-state index contributed by atoms with van der Waals surface area (Å²) in [5, 5.41) is 0. The molecule has 0 heterocycles. The van der Waals surface area contributed by atoms with Crippen LogP contribution in [0.4, 0.5) is 8.78 Å². The quantitative estimate of drug-likeness (QED) is 0.515. The van der Waals surface area contributed by atoms with Crippen LogP contribution in [0.25, 0.3) is 0 Å². The van der Waals surface area contributed by atoms with Crippen LogP contribution in [0.2, 0.25) is 0 Å². The van der Waals surface area contributed by atoms with Crippen LogP contribution in [0.5, 0.6) is 0 Å². The SMILES string of the molecule is O=C(c1ccc(F)cc1)[C@H](Br)[C@H](Br)c1ccc(F)cc1. The summed E-state index contributed by atoms with van der Waals surface area (Å²) in [6.45, 7) is 0. The lowest BCUT2D eigenvalue weighted by molar-refractivity contribution is 0.0991. The van der Waals surface area contributed by atoms with Gasteiger partial charge in [0.1, 0.15) is 11.6 Å². The first-order valence-corrected chi connectivity index (χ1v) is 7.65. The van der Waals surface area contributed by atoms with Crippen LogP contribution in [0.1, 0.15) is 20.7 Å². The number of carbonyl (C=O) groups is 1. The smallest absolute Gasteiger partial charge is 0.177 e. The number of benzene rings is 2. The minimum Gasteiger partial charge on any atom is -0.293 e. The van der Waals surface area contributed by atoms with Gasteiger partial charge in [-0.1, -0.05) is 44.0 Å². The lowest BCUT2D eigenvalue weighted by Gasteiger charge is -2.16. The van der Waals surface area contributed by atoms with Crippen LogP contribution in [-0.2, 0) is 0 Å². The van der Waals surface area contributed by atoms with E-state index >= 15 is 0 Å². The highest BCUT2D eigenvalue weighted by Crippen LogP contribution is 2.33. The van der Waals surface area contributed by atoms with Crippen molar-refractivity contribution in [1.29, 1.82) is 0 Å².